The second-order valence-electron chi connectivity index (χ2n) is 19.6. The Morgan fingerprint density at radius 2 is 1.60 bits per heavy atom. The third-order valence-electron chi connectivity index (χ3n) is 15.1. The highest BCUT2D eigenvalue weighted by Crippen LogP contribution is 2.44. The summed E-state index contributed by atoms with van der Waals surface area (Å²) in [7, 11) is -3.93. The molecule has 0 radical (unpaired) electrons. The molecule has 5 fully saturated rings. The van der Waals surface area contributed by atoms with E-state index in [9.17, 15) is 27.6 Å². The zero-order chi connectivity index (χ0) is 46.9. The first kappa shape index (κ1) is 44.5. The molecule has 2 aromatic carbocycles. The van der Waals surface area contributed by atoms with Crippen LogP contribution in [0.3, 0.4) is 0 Å². The summed E-state index contributed by atoms with van der Waals surface area (Å²) in [6.45, 7) is 9.84. The van der Waals surface area contributed by atoms with Crippen LogP contribution in [0.2, 0.25) is 0 Å². The highest BCUT2D eigenvalue weighted by Gasteiger charge is 2.46. The van der Waals surface area contributed by atoms with E-state index in [0.717, 1.165) is 106 Å². The Morgan fingerprint density at radius 3 is 2.32 bits per heavy atom. The summed E-state index contributed by atoms with van der Waals surface area (Å²) in [5.41, 5.74) is 5.03. The normalized spacial score (nSPS) is 21.4. The second kappa shape index (κ2) is 17.5. The standard InChI is InChI=1S/C49H56FN11O6S/c1-32-45(53-43-12-5-33(27-60(43)47(32)64)35-26-51-61(29-35)36-7-8-36)52-41-10-9-38(25-40(41)50)68(66,67)58-22-20-56(21-23-58)17-3-2-16-55-18-14-49(15-19-55)30-57(31-49)37-6-4-34-28-59(48(65)39(34)24-37)42-11-13-44(62)54-46(42)63/h4-6,9-10,12,24-27,29,36,42,52H,2-3,7-8,11,13-23,28,30-31H2,1H3,(H,54,62,63). The maximum absolute atomic E-state index is 15.6. The average Bonchev–Trinajstić information content (AvgIpc) is 3.97. The van der Waals surface area contributed by atoms with Gasteiger partial charge in [-0.3, -0.25) is 33.6 Å². The molecule has 3 aromatic heterocycles. The molecule has 1 atom stereocenters. The van der Waals surface area contributed by atoms with Crippen molar-refractivity contribution in [3.05, 3.63) is 100.0 Å². The van der Waals surface area contributed by atoms with E-state index in [1.807, 2.05) is 29.1 Å². The highest BCUT2D eigenvalue weighted by molar-refractivity contribution is 7.89. The molecule has 1 saturated carbocycles. The summed E-state index contributed by atoms with van der Waals surface area (Å²) < 4.78 is 47.8. The van der Waals surface area contributed by atoms with Crippen molar-refractivity contribution >= 4 is 50.6 Å². The number of unbranched alkanes of at least 4 members (excludes halogenated alkanes) is 1. The Bertz CT molecular complexity index is 3000. The topological polar surface area (TPSA) is 178 Å². The van der Waals surface area contributed by atoms with E-state index in [1.165, 1.54) is 20.8 Å². The monoisotopic (exact) mass is 945 g/mol. The molecule has 11 rings (SSSR count). The van der Waals surface area contributed by atoms with Crippen molar-refractivity contribution in [3.8, 4) is 11.1 Å². The lowest BCUT2D eigenvalue weighted by atomic mass is 9.71. The first-order valence-corrected chi connectivity index (χ1v) is 25.4. The molecular formula is C49H56FN11O6S. The number of piperazine rings is 1. The van der Waals surface area contributed by atoms with Crippen LogP contribution < -0.4 is 21.1 Å². The Morgan fingerprint density at radius 1 is 0.853 bits per heavy atom. The summed E-state index contributed by atoms with van der Waals surface area (Å²) in [5.74, 6) is -1.39. The number of piperidine rings is 2. The Balaban J connectivity index is 0.612. The molecule has 5 aliphatic heterocycles. The molecule has 4 saturated heterocycles. The van der Waals surface area contributed by atoms with Gasteiger partial charge < -0.3 is 24.9 Å². The van der Waals surface area contributed by atoms with Gasteiger partial charge in [0.05, 0.1) is 28.4 Å². The zero-order valence-electron chi connectivity index (χ0n) is 38.2. The van der Waals surface area contributed by atoms with Crippen molar-refractivity contribution < 1.29 is 27.2 Å². The van der Waals surface area contributed by atoms with E-state index in [4.69, 9.17) is 0 Å². The van der Waals surface area contributed by atoms with Gasteiger partial charge >= 0.3 is 0 Å². The smallest absolute Gasteiger partial charge is 0.262 e. The minimum atomic E-state index is -3.93. The molecule has 356 valence electrons. The van der Waals surface area contributed by atoms with Crippen molar-refractivity contribution in [1.29, 1.82) is 0 Å². The van der Waals surface area contributed by atoms with E-state index in [1.54, 1.807) is 30.3 Å². The number of hydrogen-bond acceptors (Lipinski definition) is 12. The molecule has 0 bridgehead atoms. The predicted molar refractivity (Wildman–Crippen MR) is 253 cm³/mol. The number of amides is 3. The Labute approximate surface area is 393 Å². The number of aromatic nitrogens is 4. The van der Waals surface area contributed by atoms with Crippen LogP contribution in [0.25, 0.3) is 16.8 Å². The van der Waals surface area contributed by atoms with Gasteiger partial charge in [0.15, 0.2) is 0 Å². The fourth-order valence-electron chi connectivity index (χ4n) is 10.7. The predicted octanol–water partition coefficient (Wildman–Crippen LogP) is 4.53. The number of carbonyl (C=O) groups excluding carboxylic acids is 3. The van der Waals surface area contributed by atoms with Gasteiger partial charge in [0, 0.05) is 92.4 Å². The van der Waals surface area contributed by atoms with Gasteiger partial charge in [-0.15, -0.1) is 0 Å². The highest BCUT2D eigenvalue weighted by atomic mass is 32.2. The average molecular weight is 946 g/mol. The van der Waals surface area contributed by atoms with Crippen LogP contribution in [-0.2, 0) is 26.2 Å². The third-order valence-corrected chi connectivity index (χ3v) is 17.0. The SMILES string of the molecule is Cc1c(Nc2ccc(S(=O)(=O)N3CCN(CCCCN4CCC5(CC4)CN(c4ccc6c(c4)C(=O)N(C4CCC(=O)NC4=O)C6)C5)CC3)cc2F)nc2ccc(-c3cnn(C4CC4)c3)cn2c1=O. The lowest BCUT2D eigenvalue weighted by Crippen LogP contribution is -2.60. The fourth-order valence-corrected chi connectivity index (χ4v) is 12.1. The van der Waals surface area contributed by atoms with Gasteiger partial charge in [-0.1, -0.05) is 6.07 Å². The molecule has 5 aromatic rings. The maximum atomic E-state index is 15.6. The first-order chi connectivity index (χ1) is 32.8. The number of pyridine rings is 1. The summed E-state index contributed by atoms with van der Waals surface area (Å²) in [5, 5.41) is 9.76. The molecule has 1 unspecified atom stereocenters. The summed E-state index contributed by atoms with van der Waals surface area (Å²) >= 11 is 0. The number of hydrogen-bond donors (Lipinski definition) is 2. The van der Waals surface area contributed by atoms with E-state index >= 15 is 4.39 Å². The van der Waals surface area contributed by atoms with E-state index in [-0.39, 0.29) is 45.6 Å². The largest absolute Gasteiger partial charge is 0.370 e. The minimum absolute atomic E-state index is 0.0187. The maximum Gasteiger partial charge on any atom is 0.262 e. The second-order valence-corrected chi connectivity index (χ2v) is 21.6. The quantitative estimate of drug-likeness (QED) is 0.125. The lowest BCUT2D eigenvalue weighted by molar-refractivity contribution is -0.136. The van der Waals surface area contributed by atoms with Crippen LogP contribution in [0, 0.1) is 18.2 Å². The lowest BCUT2D eigenvalue weighted by Gasteiger charge is -2.55. The van der Waals surface area contributed by atoms with E-state index in [2.05, 4.69) is 41.5 Å². The number of carbonyl (C=O) groups is 3. The number of fused-ring (bicyclic) bond motifs is 2. The van der Waals surface area contributed by atoms with Crippen LogP contribution in [0.15, 0.2) is 76.8 Å². The number of benzene rings is 2. The van der Waals surface area contributed by atoms with Gasteiger partial charge in [-0.25, -0.2) is 17.8 Å². The molecule has 1 aliphatic carbocycles. The molecule has 68 heavy (non-hydrogen) atoms. The van der Waals surface area contributed by atoms with Crippen LogP contribution >= 0.6 is 0 Å². The zero-order valence-corrected chi connectivity index (χ0v) is 39.0. The van der Waals surface area contributed by atoms with Crippen molar-refractivity contribution in [2.75, 3.05) is 75.7 Å². The van der Waals surface area contributed by atoms with Crippen molar-refractivity contribution in [2.24, 2.45) is 5.41 Å². The molecule has 8 heterocycles. The Kier molecular flexibility index (Phi) is 11.4. The molecule has 2 N–H and O–H groups in total. The number of halogens is 1. The van der Waals surface area contributed by atoms with Crippen LogP contribution in [-0.4, -0.2) is 136 Å². The number of anilines is 3. The number of imide groups is 1. The number of nitrogens with one attached hydrogen (secondary N) is 2. The molecule has 17 nitrogen and oxygen atoms in total. The molecular weight excluding hydrogens is 890 g/mol. The number of likely N-dealkylation sites (tertiary alicyclic amines) is 1. The van der Waals surface area contributed by atoms with Crippen molar-refractivity contribution in [1.82, 2.24) is 43.5 Å². The van der Waals surface area contributed by atoms with Gasteiger partial charge in [-0.2, -0.15) is 9.40 Å². The van der Waals surface area contributed by atoms with Crippen LogP contribution in [0.1, 0.15) is 78.9 Å². The summed E-state index contributed by atoms with van der Waals surface area (Å²) in [6.07, 6.45) is 12.7. The fraction of sp³-hybridized carbons (Fsp3) is 0.469. The van der Waals surface area contributed by atoms with E-state index < -0.39 is 27.8 Å². The van der Waals surface area contributed by atoms with Gasteiger partial charge in [0.2, 0.25) is 21.8 Å². The molecule has 6 aliphatic rings. The number of sulfonamides is 1. The van der Waals surface area contributed by atoms with E-state index in [0.29, 0.717) is 62.0 Å². The third kappa shape index (κ3) is 8.47. The van der Waals surface area contributed by atoms with Gasteiger partial charge in [0.25, 0.3) is 11.5 Å². The Hall–Kier alpha value is -6.02. The molecule has 3 amide bonds. The molecule has 19 heteroatoms. The minimum Gasteiger partial charge on any atom is -0.370 e. The molecule has 1 spiro atoms. The summed E-state index contributed by atoms with van der Waals surface area (Å²) in [6, 6.07) is 13.3. The van der Waals surface area contributed by atoms with Crippen LogP contribution in [0.4, 0.5) is 21.6 Å². The number of rotatable bonds is 13. The van der Waals surface area contributed by atoms with Crippen molar-refractivity contribution in [3.63, 3.8) is 0 Å². The van der Waals surface area contributed by atoms with Gasteiger partial charge in [-0.05, 0) is 126 Å². The van der Waals surface area contributed by atoms with Gasteiger partial charge in [0.1, 0.15) is 23.3 Å². The first-order valence-electron chi connectivity index (χ1n) is 23.9. The summed E-state index contributed by atoms with van der Waals surface area (Å²) in [4.78, 5) is 64.2. The van der Waals surface area contributed by atoms with Crippen LogP contribution in [0.5, 0.6) is 0 Å². The van der Waals surface area contributed by atoms with Crippen molar-refractivity contribution in [2.45, 2.75) is 81.8 Å². The number of nitrogens with zero attached hydrogens (tertiary/aromatic N) is 9.